The molecule has 0 aliphatic rings. The van der Waals surface area contributed by atoms with Crippen LogP contribution in [0.1, 0.15) is 27.4 Å². The van der Waals surface area contributed by atoms with Crippen molar-refractivity contribution in [3.8, 4) is 0 Å². The largest absolute Gasteiger partial charge is 0.436 e. The van der Waals surface area contributed by atoms with Crippen LogP contribution in [0.4, 0.5) is 13.2 Å². The molecule has 0 saturated carbocycles. The summed E-state index contributed by atoms with van der Waals surface area (Å²) in [5.74, 6) is -0.632. The van der Waals surface area contributed by atoms with Gasteiger partial charge in [-0.2, -0.15) is 13.2 Å². The molecular formula is C12H9F3N2O2. The summed E-state index contributed by atoms with van der Waals surface area (Å²) in [6.45, 7) is 0. The first kappa shape index (κ1) is 13.1. The minimum absolute atomic E-state index is 0.0148. The molecule has 0 atom stereocenters. The smallest absolute Gasteiger partial charge is 0.366 e. The van der Waals surface area contributed by atoms with Crippen LogP contribution in [0.15, 0.2) is 34.9 Å². The zero-order valence-corrected chi connectivity index (χ0v) is 9.57. The molecular weight excluding hydrogens is 261 g/mol. The summed E-state index contributed by atoms with van der Waals surface area (Å²) >= 11 is 0. The highest BCUT2D eigenvalue weighted by Crippen LogP contribution is 2.29. The van der Waals surface area contributed by atoms with Gasteiger partial charge in [-0.3, -0.25) is 4.79 Å². The monoisotopic (exact) mass is 270 g/mol. The third-order valence-electron chi connectivity index (χ3n) is 2.50. The lowest BCUT2D eigenvalue weighted by atomic mass is 10.0. The molecule has 0 aliphatic heterocycles. The average Bonchev–Trinajstić information content (AvgIpc) is 2.77. The Kier molecular flexibility index (Phi) is 3.28. The second-order valence-corrected chi connectivity index (χ2v) is 3.87. The van der Waals surface area contributed by atoms with Gasteiger partial charge in [-0.15, -0.1) is 0 Å². The van der Waals surface area contributed by atoms with Crippen molar-refractivity contribution in [3.05, 3.63) is 52.9 Å². The van der Waals surface area contributed by atoms with Gasteiger partial charge in [0, 0.05) is 18.1 Å². The predicted molar refractivity (Wildman–Crippen MR) is 59.3 cm³/mol. The summed E-state index contributed by atoms with van der Waals surface area (Å²) in [5.41, 5.74) is 4.81. The molecule has 100 valence electrons. The van der Waals surface area contributed by atoms with E-state index < -0.39 is 17.8 Å². The number of alkyl halides is 3. The minimum Gasteiger partial charge on any atom is -0.366 e. The van der Waals surface area contributed by atoms with E-state index in [0.29, 0.717) is 5.56 Å². The highest BCUT2D eigenvalue weighted by Gasteiger charge is 2.35. The van der Waals surface area contributed by atoms with Gasteiger partial charge in [-0.25, -0.2) is 0 Å². The Bertz CT molecular complexity index is 605. The lowest BCUT2D eigenvalue weighted by Crippen LogP contribution is -2.13. The van der Waals surface area contributed by atoms with Crippen LogP contribution in [0.3, 0.4) is 0 Å². The number of amides is 1. The molecule has 2 N–H and O–H groups in total. The molecule has 1 amide bonds. The number of aromatic nitrogens is 1. The fraction of sp³-hybridized carbons (Fsp3) is 0.167. The van der Waals surface area contributed by atoms with E-state index in [1.54, 1.807) is 18.2 Å². The topological polar surface area (TPSA) is 69.1 Å². The molecule has 4 nitrogen and oxygen atoms in total. The van der Waals surface area contributed by atoms with Crippen LogP contribution in [0.5, 0.6) is 0 Å². The molecule has 1 heterocycles. The standard InChI is InChI=1S/C12H9F3N2O2/c13-12(14,15)10-6-8(19-17-10)5-7-3-1-2-4-9(7)11(16)18/h1-4,6H,5H2,(H2,16,18). The number of nitrogens with zero attached hydrogens (tertiary/aromatic N) is 1. The third-order valence-corrected chi connectivity index (χ3v) is 2.50. The zero-order valence-electron chi connectivity index (χ0n) is 9.57. The number of nitrogens with two attached hydrogens (primary N) is 1. The molecule has 0 radical (unpaired) electrons. The Morgan fingerprint density at radius 2 is 2.00 bits per heavy atom. The molecule has 0 spiro atoms. The Balaban J connectivity index is 2.27. The summed E-state index contributed by atoms with van der Waals surface area (Å²) in [6, 6.07) is 7.17. The first-order chi connectivity index (χ1) is 8.88. The molecule has 0 fully saturated rings. The van der Waals surface area contributed by atoms with Crippen LogP contribution in [-0.4, -0.2) is 11.1 Å². The summed E-state index contributed by atoms with van der Waals surface area (Å²) in [6.07, 6.45) is -4.53. The lowest BCUT2D eigenvalue weighted by Gasteiger charge is -2.03. The average molecular weight is 270 g/mol. The molecule has 1 aromatic heterocycles. The van der Waals surface area contributed by atoms with Crippen LogP contribution >= 0.6 is 0 Å². The van der Waals surface area contributed by atoms with Crippen LogP contribution in [0.25, 0.3) is 0 Å². The molecule has 2 rings (SSSR count). The van der Waals surface area contributed by atoms with Crippen LogP contribution in [-0.2, 0) is 12.6 Å². The van der Waals surface area contributed by atoms with Gasteiger partial charge in [0.2, 0.25) is 5.91 Å². The van der Waals surface area contributed by atoms with E-state index >= 15 is 0 Å². The van der Waals surface area contributed by atoms with E-state index in [9.17, 15) is 18.0 Å². The van der Waals surface area contributed by atoms with Crippen molar-refractivity contribution < 1.29 is 22.5 Å². The predicted octanol–water partition coefficient (Wildman–Crippen LogP) is 2.38. The van der Waals surface area contributed by atoms with E-state index in [-0.39, 0.29) is 17.7 Å². The molecule has 2 aromatic rings. The Labute approximate surface area is 106 Å². The summed E-state index contributed by atoms with van der Waals surface area (Å²) in [5, 5.41) is 2.94. The number of halogens is 3. The van der Waals surface area contributed by atoms with Crippen molar-refractivity contribution in [1.82, 2.24) is 5.16 Å². The van der Waals surface area contributed by atoms with Gasteiger partial charge >= 0.3 is 6.18 Å². The fourth-order valence-corrected chi connectivity index (χ4v) is 1.63. The first-order valence-corrected chi connectivity index (χ1v) is 5.28. The number of carbonyl (C=O) groups excluding carboxylic acids is 1. The van der Waals surface area contributed by atoms with Gasteiger partial charge in [0.15, 0.2) is 5.69 Å². The summed E-state index contributed by atoms with van der Waals surface area (Å²) < 4.78 is 41.7. The second kappa shape index (κ2) is 4.75. The SMILES string of the molecule is NC(=O)c1ccccc1Cc1cc(C(F)(F)F)no1. The van der Waals surface area contributed by atoms with E-state index in [0.717, 1.165) is 6.07 Å². The van der Waals surface area contributed by atoms with Crippen molar-refractivity contribution in [2.75, 3.05) is 0 Å². The normalized spacial score (nSPS) is 11.5. The number of carbonyl (C=O) groups is 1. The van der Waals surface area contributed by atoms with Gasteiger partial charge in [0.25, 0.3) is 0 Å². The van der Waals surface area contributed by atoms with Gasteiger partial charge < -0.3 is 10.3 Å². The maximum absolute atomic E-state index is 12.4. The number of hydrogen-bond donors (Lipinski definition) is 1. The number of hydrogen-bond acceptors (Lipinski definition) is 3. The second-order valence-electron chi connectivity index (χ2n) is 3.87. The van der Waals surface area contributed by atoms with Gasteiger partial charge in [0.05, 0.1) is 0 Å². The molecule has 7 heteroatoms. The van der Waals surface area contributed by atoms with Crippen molar-refractivity contribution >= 4 is 5.91 Å². The number of primary amides is 1. The first-order valence-electron chi connectivity index (χ1n) is 5.28. The van der Waals surface area contributed by atoms with Gasteiger partial charge in [0.1, 0.15) is 5.76 Å². The van der Waals surface area contributed by atoms with E-state index in [1.165, 1.54) is 6.07 Å². The quantitative estimate of drug-likeness (QED) is 0.930. The Morgan fingerprint density at radius 3 is 2.58 bits per heavy atom. The minimum atomic E-state index is -4.55. The lowest BCUT2D eigenvalue weighted by molar-refractivity contribution is -0.142. The van der Waals surface area contributed by atoms with Crippen molar-refractivity contribution in [2.24, 2.45) is 5.73 Å². The highest BCUT2D eigenvalue weighted by molar-refractivity contribution is 5.94. The van der Waals surface area contributed by atoms with Crippen LogP contribution in [0.2, 0.25) is 0 Å². The third kappa shape index (κ3) is 2.93. The van der Waals surface area contributed by atoms with Crippen LogP contribution < -0.4 is 5.73 Å². The summed E-state index contributed by atoms with van der Waals surface area (Å²) in [4.78, 5) is 11.2. The summed E-state index contributed by atoms with van der Waals surface area (Å²) in [7, 11) is 0. The van der Waals surface area contributed by atoms with Gasteiger partial charge in [-0.05, 0) is 11.6 Å². The highest BCUT2D eigenvalue weighted by atomic mass is 19.4. The molecule has 0 saturated heterocycles. The molecule has 0 bridgehead atoms. The Morgan fingerprint density at radius 1 is 1.32 bits per heavy atom. The van der Waals surface area contributed by atoms with Crippen molar-refractivity contribution in [1.29, 1.82) is 0 Å². The number of rotatable bonds is 3. The Hall–Kier alpha value is -2.31. The maximum atomic E-state index is 12.4. The number of benzene rings is 1. The molecule has 19 heavy (non-hydrogen) atoms. The van der Waals surface area contributed by atoms with Crippen molar-refractivity contribution in [2.45, 2.75) is 12.6 Å². The van der Waals surface area contributed by atoms with Crippen LogP contribution in [0, 0.1) is 0 Å². The van der Waals surface area contributed by atoms with Crippen molar-refractivity contribution in [3.63, 3.8) is 0 Å². The maximum Gasteiger partial charge on any atom is 0.436 e. The molecule has 1 aromatic carbocycles. The van der Waals surface area contributed by atoms with E-state index in [1.807, 2.05) is 0 Å². The van der Waals surface area contributed by atoms with E-state index in [2.05, 4.69) is 9.68 Å². The molecule has 0 aliphatic carbocycles. The van der Waals surface area contributed by atoms with E-state index in [4.69, 9.17) is 5.73 Å². The molecule has 0 unspecified atom stereocenters. The fourth-order valence-electron chi connectivity index (χ4n) is 1.63. The van der Waals surface area contributed by atoms with Gasteiger partial charge in [-0.1, -0.05) is 23.4 Å². The zero-order chi connectivity index (χ0) is 14.0.